The molecule has 2 N–H and O–H groups in total. The van der Waals surface area contributed by atoms with Crippen LogP contribution < -0.4 is 20.1 Å². The number of methoxy groups -OCH3 is 1. The van der Waals surface area contributed by atoms with E-state index in [0.717, 1.165) is 12.1 Å². The highest BCUT2D eigenvalue weighted by atomic mass is 16.5. The maximum Gasteiger partial charge on any atom is 0.260 e. The molecule has 0 saturated heterocycles. The van der Waals surface area contributed by atoms with Gasteiger partial charge in [-0.3, -0.25) is 4.79 Å². The summed E-state index contributed by atoms with van der Waals surface area (Å²) < 4.78 is 11.1. The smallest absolute Gasteiger partial charge is 0.260 e. The molecule has 0 aliphatic rings. The Bertz CT molecular complexity index is 461. The molecule has 1 amide bonds. The Labute approximate surface area is 127 Å². The average Bonchev–Trinajstić information content (AvgIpc) is 2.47. The Kier molecular flexibility index (Phi) is 7.02. The van der Waals surface area contributed by atoms with E-state index in [9.17, 15) is 4.79 Å². The zero-order valence-corrected chi connectivity index (χ0v) is 13.5. The molecule has 0 saturated carbocycles. The summed E-state index contributed by atoms with van der Waals surface area (Å²) in [5, 5.41) is 5.95. The van der Waals surface area contributed by atoms with Gasteiger partial charge in [-0.25, -0.2) is 0 Å². The molecule has 0 heterocycles. The van der Waals surface area contributed by atoms with Crippen molar-refractivity contribution < 1.29 is 14.3 Å². The van der Waals surface area contributed by atoms with E-state index in [1.807, 2.05) is 18.2 Å². The van der Waals surface area contributed by atoms with Gasteiger partial charge in [0.05, 0.1) is 7.11 Å². The molecule has 1 unspecified atom stereocenters. The van der Waals surface area contributed by atoms with Crippen molar-refractivity contribution in [3.05, 3.63) is 23.8 Å². The van der Waals surface area contributed by atoms with Crippen LogP contribution in [0.2, 0.25) is 0 Å². The largest absolute Gasteiger partial charge is 0.493 e. The molecule has 0 fully saturated rings. The fraction of sp³-hybridized carbons (Fsp3) is 0.562. The lowest BCUT2D eigenvalue weighted by Gasteiger charge is -2.19. The summed E-state index contributed by atoms with van der Waals surface area (Å²) in [6.07, 6.45) is -0.574. The monoisotopic (exact) mass is 294 g/mol. The normalized spacial score (nSPS) is 12.1. The third-order valence-corrected chi connectivity index (χ3v) is 3.06. The number of hydrogen-bond donors (Lipinski definition) is 2. The SMILES string of the molecule is CNC(=O)C(C)Oc1c(CNCC(C)C)cccc1OC. The number of hydrogen-bond acceptors (Lipinski definition) is 4. The van der Waals surface area contributed by atoms with E-state index in [1.165, 1.54) is 0 Å². The maximum absolute atomic E-state index is 11.6. The van der Waals surface area contributed by atoms with E-state index in [-0.39, 0.29) is 5.91 Å². The predicted molar refractivity (Wildman–Crippen MR) is 83.7 cm³/mol. The Morgan fingerprint density at radius 1 is 1.29 bits per heavy atom. The summed E-state index contributed by atoms with van der Waals surface area (Å²) in [6, 6.07) is 5.72. The van der Waals surface area contributed by atoms with Crippen LogP contribution in [0.15, 0.2) is 18.2 Å². The predicted octanol–water partition coefficient (Wildman–Crippen LogP) is 1.95. The van der Waals surface area contributed by atoms with Crippen LogP contribution in [0.25, 0.3) is 0 Å². The van der Waals surface area contributed by atoms with Gasteiger partial charge in [0.2, 0.25) is 0 Å². The Hall–Kier alpha value is -1.75. The number of ether oxygens (including phenoxy) is 2. The number of carbonyl (C=O) groups excluding carboxylic acids is 1. The second-order valence-electron chi connectivity index (χ2n) is 5.35. The fourth-order valence-electron chi connectivity index (χ4n) is 1.92. The zero-order chi connectivity index (χ0) is 15.8. The molecular formula is C16H26N2O3. The Balaban J connectivity index is 2.89. The highest BCUT2D eigenvalue weighted by molar-refractivity contribution is 5.80. The van der Waals surface area contributed by atoms with Crippen LogP contribution in [0.4, 0.5) is 0 Å². The van der Waals surface area contributed by atoms with Crippen molar-refractivity contribution in [2.24, 2.45) is 5.92 Å². The molecule has 0 aromatic heterocycles. The number of para-hydroxylation sites is 1. The topological polar surface area (TPSA) is 59.6 Å². The molecule has 5 nitrogen and oxygen atoms in total. The molecule has 0 bridgehead atoms. The molecule has 1 aromatic carbocycles. The van der Waals surface area contributed by atoms with Crippen LogP contribution in [0.1, 0.15) is 26.3 Å². The standard InChI is InChI=1S/C16H26N2O3/c1-11(2)9-18-10-13-7-6-8-14(20-5)15(13)21-12(3)16(19)17-4/h6-8,11-12,18H,9-10H2,1-5H3,(H,17,19). The summed E-state index contributed by atoms with van der Waals surface area (Å²) in [5.74, 6) is 1.66. The highest BCUT2D eigenvalue weighted by Gasteiger charge is 2.18. The lowest BCUT2D eigenvalue weighted by Crippen LogP contribution is -2.34. The molecule has 0 aliphatic heterocycles. The van der Waals surface area contributed by atoms with Gasteiger partial charge in [-0.15, -0.1) is 0 Å². The van der Waals surface area contributed by atoms with Gasteiger partial charge in [-0.2, -0.15) is 0 Å². The van der Waals surface area contributed by atoms with Crippen LogP contribution in [-0.2, 0) is 11.3 Å². The third-order valence-electron chi connectivity index (χ3n) is 3.06. The molecule has 5 heteroatoms. The van der Waals surface area contributed by atoms with Crippen LogP contribution in [0.5, 0.6) is 11.5 Å². The number of benzene rings is 1. The first kappa shape index (κ1) is 17.3. The van der Waals surface area contributed by atoms with E-state index in [4.69, 9.17) is 9.47 Å². The van der Waals surface area contributed by atoms with Crippen LogP contribution in [0.3, 0.4) is 0 Å². The second-order valence-corrected chi connectivity index (χ2v) is 5.35. The van der Waals surface area contributed by atoms with Crippen molar-refractivity contribution >= 4 is 5.91 Å². The summed E-state index contributed by atoms with van der Waals surface area (Å²) in [5.41, 5.74) is 0.978. The zero-order valence-electron chi connectivity index (χ0n) is 13.5. The molecule has 1 rings (SSSR count). The van der Waals surface area contributed by atoms with E-state index in [1.54, 1.807) is 21.1 Å². The maximum atomic E-state index is 11.6. The van der Waals surface area contributed by atoms with Gasteiger partial charge in [-0.05, 0) is 25.5 Å². The molecule has 1 atom stereocenters. The van der Waals surface area contributed by atoms with Crippen LogP contribution >= 0.6 is 0 Å². The van der Waals surface area contributed by atoms with Gasteiger partial charge in [0.15, 0.2) is 17.6 Å². The minimum atomic E-state index is -0.574. The van der Waals surface area contributed by atoms with Gasteiger partial charge < -0.3 is 20.1 Å². The molecule has 0 radical (unpaired) electrons. The lowest BCUT2D eigenvalue weighted by atomic mass is 10.1. The van der Waals surface area contributed by atoms with E-state index in [0.29, 0.717) is 24.0 Å². The Morgan fingerprint density at radius 3 is 2.57 bits per heavy atom. The Morgan fingerprint density at radius 2 is 2.00 bits per heavy atom. The molecular weight excluding hydrogens is 268 g/mol. The van der Waals surface area contributed by atoms with Crippen molar-refractivity contribution in [2.45, 2.75) is 33.4 Å². The van der Waals surface area contributed by atoms with Crippen molar-refractivity contribution in [2.75, 3.05) is 20.7 Å². The number of nitrogens with one attached hydrogen (secondary N) is 2. The highest BCUT2D eigenvalue weighted by Crippen LogP contribution is 2.32. The number of likely N-dealkylation sites (N-methyl/N-ethyl adjacent to an activating group) is 1. The third kappa shape index (κ3) is 5.27. The minimum absolute atomic E-state index is 0.165. The average molecular weight is 294 g/mol. The minimum Gasteiger partial charge on any atom is -0.493 e. The van der Waals surface area contributed by atoms with Crippen molar-refractivity contribution in [3.63, 3.8) is 0 Å². The molecule has 118 valence electrons. The lowest BCUT2D eigenvalue weighted by molar-refractivity contribution is -0.126. The second kappa shape index (κ2) is 8.52. The van der Waals surface area contributed by atoms with Gasteiger partial charge in [0.25, 0.3) is 5.91 Å². The van der Waals surface area contributed by atoms with Gasteiger partial charge >= 0.3 is 0 Å². The van der Waals surface area contributed by atoms with E-state index in [2.05, 4.69) is 24.5 Å². The molecule has 21 heavy (non-hydrogen) atoms. The molecule has 1 aromatic rings. The number of rotatable bonds is 8. The first-order valence-electron chi connectivity index (χ1n) is 7.24. The molecule has 0 aliphatic carbocycles. The van der Waals surface area contributed by atoms with Crippen LogP contribution in [-0.4, -0.2) is 32.7 Å². The van der Waals surface area contributed by atoms with Crippen molar-refractivity contribution in [1.82, 2.24) is 10.6 Å². The quantitative estimate of drug-likeness (QED) is 0.769. The summed E-state index contributed by atoms with van der Waals surface area (Å²) in [4.78, 5) is 11.6. The van der Waals surface area contributed by atoms with Crippen molar-refractivity contribution in [1.29, 1.82) is 0 Å². The summed E-state index contributed by atoms with van der Waals surface area (Å²) in [7, 11) is 3.19. The first-order valence-corrected chi connectivity index (χ1v) is 7.24. The summed E-state index contributed by atoms with van der Waals surface area (Å²) >= 11 is 0. The van der Waals surface area contributed by atoms with Gasteiger partial charge in [-0.1, -0.05) is 26.0 Å². The molecule has 0 spiro atoms. The fourth-order valence-corrected chi connectivity index (χ4v) is 1.92. The number of carbonyl (C=O) groups is 1. The van der Waals surface area contributed by atoms with E-state index >= 15 is 0 Å². The van der Waals surface area contributed by atoms with Crippen molar-refractivity contribution in [3.8, 4) is 11.5 Å². The van der Waals surface area contributed by atoms with E-state index < -0.39 is 6.10 Å². The number of amides is 1. The first-order chi connectivity index (χ1) is 9.99. The van der Waals surface area contributed by atoms with Crippen LogP contribution in [0, 0.1) is 5.92 Å². The van der Waals surface area contributed by atoms with Gasteiger partial charge in [0, 0.05) is 19.2 Å². The van der Waals surface area contributed by atoms with Gasteiger partial charge in [0.1, 0.15) is 0 Å². The summed E-state index contributed by atoms with van der Waals surface area (Å²) in [6.45, 7) is 7.62.